The highest BCUT2D eigenvalue weighted by molar-refractivity contribution is 7.22. The van der Waals surface area contributed by atoms with Crippen LogP contribution < -0.4 is 0 Å². The van der Waals surface area contributed by atoms with Crippen LogP contribution in [0.2, 0.25) is 5.02 Å². The summed E-state index contributed by atoms with van der Waals surface area (Å²) in [6.07, 6.45) is 1.58. The minimum atomic E-state index is -0.491. The number of aromatic nitrogens is 1. The third-order valence-electron chi connectivity index (χ3n) is 1.55. The van der Waals surface area contributed by atoms with Gasteiger partial charge in [0.25, 0.3) is 0 Å². The average Bonchev–Trinajstić information content (AvgIpc) is 2.45. The summed E-state index contributed by atoms with van der Waals surface area (Å²) in [6, 6.07) is 3.42. The molecule has 0 N–H and O–H groups in total. The van der Waals surface area contributed by atoms with Gasteiger partial charge in [0.2, 0.25) is 0 Å². The minimum Gasteiger partial charge on any atom is -0.257 e. The average molecular weight is 215 g/mol. The zero-order chi connectivity index (χ0) is 9.42. The molecule has 0 aliphatic carbocycles. The monoisotopic (exact) mass is 214 g/mol. The van der Waals surface area contributed by atoms with E-state index >= 15 is 0 Å². The van der Waals surface area contributed by atoms with Crippen LogP contribution in [0.5, 0.6) is 0 Å². The lowest BCUT2D eigenvalue weighted by Crippen LogP contribution is -1.82. The summed E-state index contributed by atoms with van der Waals surface area (Å²) >= 11 is 6.77. The molecule has 2 aromatic rings. The maximum absolute atomic E-state index is 10.5. The Morgan fingerprint density at radius 1 is 1.62 bits per heavy atom. The van der Waals surface area contributed by atoms with Gasteiger partial charge in [0.1, 0.15) is 9.85 Å². The molecule has 2 rings (SSSR count). The quantitative estimate of drug-likeness (QED) is 0.542. The molecular weight excluding hydrogens is 212 g/mol. The SMILES string of the molecule is O=[N+]([O-])c1sc2ncccc2c1Cl. The predicted octanol–water partition coefficient (Wildman–Crippen LogP) is 2.86. The molecule has 0 radical (unpaired) electrons. The Labute approximate surface area is 81.9 Å². The number of nitrogens with zero attached hydrogens (tertiary/aromatic N) is 2. The third-order valence-corrected chi connectivity index (χ3v) is 3.11. The van der Waals surface area contributed by atoms with E-state index in [1.165, 1.54) is 0 Å². The van der Waals surface area contributed by atoms with Gasteiger partial charge in [-0.25, -0.2) is 4.98 Å². The van der Waals surface area contributed by atoms with Crippen LogP contribution in [-0.2, 0) is 0 Å². The van der Waals surface area contributed by atoms with Crippen LogP contribution in [0.25, 0.3) is 10.2 Å². The molecule has 66 valence electrons. The van der Waals surface area contributed by atoms with Crippen molar-refractivity contribution in [1.82, 2.24) is 4.98 Å². The number of thiophene rings is 1. The molecule has 0 bridgehead atoms. The Kier molecular flexibility index (Phi) is 1.90. The lowest BCUT2D eigenvalue weighted by atomic mass is 10.3. The number of hydrogen-bond donors (Lipinski definition) is 0. The second-order valence-electron chi connectivity index (χ2n) is 2.33. The second kappa shape index (κ2) is 2.93. The van der Waals surface area contributed by atoms with E-state index in [1.807, 2.05) is 0 Å². The Morgan fingerprint density at radius 3 is 3.00 bits per heavy atom. The summed E-state index contributed by atoms with van der Waals surface area (Å²) in [4.78, 5) is 14.6. The van der Waals surface area contributed by atoms with Gasteiger partial charge in [0.05, 0.1) is 4.92 Å². The summed E-state index contributed by atoms with van der Waals surface area (Å²) in [6.45, 7) is 0. The maximum atomic E-state index is 10.5. The Hall–Kier alpha value is -1.20. The smallest absolute Gasteiger partial charge is 0.257 e. The van der Waals surface area contributed by atoms with Crippen LogP contribution in [0.1, 0.15) is 0 Å². The molecule has 0 amide bonds. The zero-order valence-corrected chi connectivity index (χ0v) is 7.80. The van der Waals surface area contributed by atoms with Crippen molar-refractivity contribution in [2.45, 2.75) is 0 Å². The number of nitro groups is 1. The molecule has 0 saturated carbocycles. The van der Waals surface area contributed by atoms with Gasteiger partial charge in [0, 0.05) is 11.6 Å². The summed E-state index contributed by atoms with van der Waals surface area (Å²) < 4.78 is 0. The van der Waals surface area contributed by atoms with Crippen molar-refractivity contribution in [3.8, 4) is 0 Å². The molecule has 0 spiro atoms. The Balaban J connectivity index is 2.81. The van der Waals surface area contributed by atoms with E-state index in [4.69, 9.17) is 11.6 Å². The molecule has 2 heterocycles. The maximum Gasteiger partial charge on any atom is 0.345 e. The predicted molar refractivity (Wildman–Crippen MR) is 51.3 cm³/mol. The normalized spacial score (nSPS) is 10.5. The van der Waals surface area contributed by atoms with Gasteiger partial charge in [-0.15, -0.1) is 0 Å². The van der Waals surface area contributed by atoms with E-state index in [-0.39, 0.29) is 10.0 Å². The molecule has 2 aromatic heterocycles. The van der Waals surface area contributed by atoms with Crippen LogP contribution in [-0.4, -0.2) is 9.91 Å². The lowest BCUT2D eigenvalue weighted by Gasteiger charge is -1.85. The van der Waals surface area contributed by atoms with E-state index in [0.717, 1.165) is 11.3 Å². The fourth-order valence-corrected chi connectivity index (χ4v) is 2.25. The second-order valence-corrected chi connectivity index (χ2v) is 3.69. The lowest BCUT2D eigenvalue weighted by molar-refractivity contribution is -0.379. The third kappa shape index (κ3) is 1.26. The Bertz CT molecular complexity index is 482. The summed E-state index contributed by atoms with van der Waals surface area (Å²) in [7, 11) is 0. The van der Waals surface area contributed by atoms with Gasteiger partial charge in [-0.05, 0) is 23.5 Å². The molecule has 13 heavy (non-hydrogen) atoms. The number of halogens is 1. The number of pyridine rings is 1. The first kappa shape index (κ1) is 8.40. The van der Waals surface area contributed by atoms with Crippen molar-refractivity contribution in [2.75, 3.05) is 0 Å². The van der Waals surface area contributed by atoms with E-state index in [1.54, 1.807) is 18.3 Å². The van der Waals surface area contributed by atoms with Crippen molar-refractivity contribution in [1.29, 1.82) is 0 Å². The highest BCUT2D eigenvalue weighted by atomic mass is 35.5. The molecule has 6 heteroatoms. The van der Waals surface area contributed by atoms with Crippen molar-refractivity contribution >= 4 is 38.2 Å². The largest absolute Gasteiger partial charge is 0.345 e. The summed E-state index contributed by atoms with van der Waals surface area (Å²) in [5, 5.41) is 11.3. The fraction of sp³-hybridized carbons (Fsp3) is 0. The number of hydrogen-bond acceptors (Lipinski definition) is 4. The topological polar surface area (TPSA) is 56.0 Å². The van der Waals surface area contributed by atoms with Crippen LogP contribution in [0, 0.1) is 10.1 Å². The Morgan fingerprint density at radius 2 is 2.38 bits per heavy atom. The summed E-state index contributed by atoms with van der Waals surface area (Å²) in [5.41, 5.74) is 0. The van der Waals surface area contributed by atoms with Crippen molar-refractivity contribution in [3.63, 3.8) is 0 Å². The van der Waals surface area contributed by atoms with E-state index in [0.29, 0.717) is 10.2 Å². The standard InChI is InChI=1S/C7H3ClN2O2S/c8-5-4-2-1-3-9-6(4)13-7(5)10(11)12/h1-3H. The van der Waals surface area contributed by atoms with Gasteiger partial charge in [-0.2, -0.15) is 0 Å². The molecule has 0 aliphatic heterocycles. The van der Waals surface area contributed by atoms with Gasteiger partial charge in [-0.3, -0.25) is 10.1 Å². The minimum absolute atomic E-state index is 0.0460. The molecular formula is C7H3ClN2O2S. The first-order valence-electron chi connectivity index (χ1n) is 3.37. The molecule has 4 nitrogen and oxygen atoms in total. The highest BCUT2D eigenvalue weighted by Crippen LogP contribution is 2.39. The van der Waals surface area contributed by atoms with Gasteiger partial charge >= 0.3 is 5.00 Å². The molecule has 0 unspecified atom stereocenters. The molecule has 0 atom stereocenters. The zero-order valence-electron chi connectivity index (χ0n) is 6.23. The van der Waals surface area contributed by atoms with Crippen LogP contribution in [0.3, 0.4) is 0 Å². The fourth-order valence-electron chi connectivity index (χ4n) is 1.01. The van der Waals surface area contributed by atoms with E-state index in [9.17, 15) is 10.1 Å². The summed E-state index contributed by atoms with van der Waals surface area (Å²) in [5.74, 6) is 0. The molecule has 0 aliphatic rings. The van der Waals surface area contributed by atoms with Crippen molar-refractivity contribution < 1.29 is 4.92 Å². The van der Waals surface area contributed by atoms with Gasteiger partial charge < -0.3 is 0 Å². The highest BCUT2D eigenvalue weighted by Gasteiger charge is 2.19. The van der Waals surface area contributed by atoms with Gasteiger partial charge in [0.15, 0.2) is 0 Å². The first-order valence-corrected chi connectivity index (χ1v) is 4.57. The van der Waals surface area contributed by atoms with Crippen LogP contribution >= 0.6 is 22.9 Å². The van der Waals surface area contributed by atoms with Crippen LogP contribution in [0.4, 0.5) is 5.00 Å². The number of rotatable bonds is 1. The van der Waals surface area contributed by atoms with E-state index < -0.39 is 4.92 Å². The molecule has 0 aromatic carbocycles. The van der Waals surface area contributed by atoms with E-state index in [2.05, 4.69) is 4.98 Å². The van der Waals surface area contributed by atoms with Crippen molar-refractivity contribution in [3.05, 3.63) is 33.5 Å². The van der Waals surface area contributed by atoms with Gasteiger partial charge in [-0.1, -0.05) is 11.6 Å². The van der Waals surface area contributed by atoms with Crippen molar-refractivity contribution in [2.24, 2.45) is 0 Å². The molecule has 0 fully saturated rings. The molecule has 0 saturated heterocycles. The number of fused-ring (bicyclic) bond motifs is 1. The first-order chi connectivity index (χ1) is 6.20. The van der Waals surface area contributed by atoms with Crippen LogP contribution in [0.15, 0.2) is 18.3 Å².